The summed E-state index contributed by atoms with van der Waals surface area (Å²) in [7, 11) is 0. The molecular formula is C11H21N3S. The van der Waals surface area contributed by atoms with E-state index in [-0.39, 0.29) is 0 Å². The average molecular weight is 227 g/mol. The third-order valence-electron chi connectivity index (χ3n) is 2.27. The summed E-state index contributed by atoms with van der Waals surface area (Å²) < 4.78 is 0. The summed E-state index contributed by atoms with van der Waals surface area (Å²) in [5.41, 5.74) is 1.18. The molecule has 0 radical (unpaired) electrons. The highest BCUT2D eigenvalue weighted by Crippen LogP contribution is 2.01. The Bertz CT molecular complexity index is 260. The molecule has 15 heavy (non-hydrogen) atoms. The van der Waals surface area contributed by atoms with Gasteiger partial charge in [-0.15, -0.1) is 0 Å². The Hall–Kier alpha value is -0.480. The molecule has 4 heteroatoms. The van der Waals surface area contributed by atoms with Crippen LogP contribution >= 0.6 is 11.8 Å². The van der Waals surface area contributed by atoms with Crippen LogP contribution in [0.15, 0.2) is 6.20 Å². The minimum atomic E-state index is 0.906. The van der Waals surface area contributed by atoms with Crippen molar-refractivity contribution < 1.29 is 0 Å². The van der Waals surface area contributed by atoms with Crippen molar-refractivity contribution >= 4 is 11.8 Å². The molecule has 0 aliphatic rings. The average Bonchev–Trinajstić information content (AvgIpc) is 2.63. The van der Waals surface area contributed by atoms with E-state index in [0.717, 1.165) is 18.9 Å². The predicted octanol–water partition coefficient (Wildman–Crippen LogP) is 2.34. The van der Waals surface area contributed by atoms with Gasteiger partial charge in [0.25, 0.3) is 0 Å². The van der Waals surface area contributed by atoms with Crippen molar-refractivity contribution in [1.82, 2.24) is 15.3 Å². The lowest BCUT2D eigenvalue weighted by atomic mass is 10.2. The van der Waals surface area contributed by atoms with E-state index >= 15 is 0 Å². The van der Waals surface area contributed by atoms with Crippen LogP contribution < -0.4 is 5.32 Å². The molecule has 0 bridgehead atoms. The SMILES string of the molecule is CSCCCCCNCc1cnc(C)[nH]1. The van der Waals surface area contributed by atoms with Gasteiger partial charge in [0.1, 0.15) is 5.82 Å². The van der Waals surface area contributed by atoms with Gasteiger partial charge in [-0.1, -0.05) is 6.42 Å². The van der Waals surface area contributed by atoms with Crippen molar-refractivity contribution in [3.8, 4) is 0 Å². The van der Waals surface area contributed by atoms with Gasteiger partial charge in [0, 0.05) is 18.4 Å². The van der Waals surface area contributed by atoms with Crippen LogP contribution in [0, 0.1) is 6.92 Å². The number of hydrogen-bond donors (Lipinski definition) is 2. The first-order valence-corrected chi connectivity index (χ1v) is 6.92. The summed E-state index contributed by atoms with van der Waals surface area (Å²) in [4.78, 5) is 7.37. The molecule has 0 saturated heterocycles. The number of aryl methyl sites for hydroxylation is 1. The van der Waals surface area contributed by atoms with E-state index in [1.54, 1.807) is 0 Å². The molecule has 0 aromatic carbocycles. The second kappa shape index (κ2) is 7.77. The van der Waals surface area contributed by atoms with Gasteiger partial charge >= 0.3 is 0 Å². The standard InChI is InChI=1S/C11H21N3S/c1-10-13-9-11(14-10)8-12-6-4-3-5-7-15-2/h9,12H,3-8H2,1-2H3,(H,13,14). The lowest BCUT2D eigenvalue weighted by Gasteiger charge is -2.02. The molecule has 1 aromatic heterocycles. The minimum Gasteiger partial charge on any atom is -0.345 e. The monoisotopic (exact) mass is 227 g/mol. The van der Waals surface area contributed by atoms with Crippen molar-refractivity contribution in [2.45, 2.75) is 32.7 Å². The fourth-order valence-electron chi connectivity index (χ4n) is 1.46. The fourth-order valence-corrected chi connectivity index (χ4v) is 1.95. The van der Waals surface area contributed by atoms with Gasteiger partial charge in [-0.3, -0.25) is 0 Å². The number of imidazole rings is 1. The molecule has 1 aromatic rings. The number of aromatic nitrogens is 2. The summed E-state index contributed by atoms with van der Waals surface area (Å²) >= 11 is 1.93. The third-order valence-corrected chi connectivity index (χ3v) is 2.97. The Labute approximate surface area is 96.5 Å². The highest BCUT2D eigenvalue weighted by molar-refractivity contribution is 7.98. The van der Waals surface area contributed by atoms with Crippen molar-refractivity contribution in [1.29, 1.82) is 0 Å². The van der Waals surface area contributed by atoms with Gasteiger partial charge < -0.3 is 10.3 Å². The van der Waals surface area contributed by atoms with Gasteiger partial charge in [0.15, 0.2) is 0 Å². The Morgan fingerprint density at radius 1 is 1.40 bits per heavy atom. The molecule has 0 unspecified atom stereocenters. The van der Waals surface area contributed by atoms with E-state index in [1.807, 2.05) is 24.9 Å². The van der Waals surface area contributed by atoms with Crippen LogP contribution in [-0.2, 0) is 6.54 Å². The van der Waals surface area contributed by atoms with Crippen LogP contribution in [0.4, 0.5) is 0 Å². The summed E-state index contributed by atoms with van der Waals surface area (Å²) in [6, 6.07) is 0. The van der Waals surface area contributed by atoms with Gasteiger partial charge in [0.05, 0.1) is 0 Å². The topological polar surface area (TPSA) is 40.7 Å². The zero-order chi connectivity index (χ0) is 10.9. The number of hydrogen-bond acceptors (Lipinski definition) is 3. The number of nitrogens with one attached hydrogen (secondary N) is 2. The van der Waals surface area contributed by atoms with Crippen LogP contribution in [0.2, 0.25) is 0 Å². The highest BCUT2D eigenvalue weighted by Gasteiger charge is 1.95. The van der Waals surface area contributed by atoms with Crippen LogP contribution in [0.5, 0.6) is 0 Å². The fraction of sp³-hybridized carbons (Fsp3) is 0.727. The van der Waals surface area contributed by atoms with Crippen molar-refractivity contribution in [3.05, 3.63) is 17.7 Å². The lowest BCUT2D eigenvalue weighted by Crippen LogP contribution is -2.14. The molecule has 0 saturated carbocycles. The smallest absolute Gasteiger partial charge is 0.103 e. The largest absolute Gasteiger partial charge is 0.345 e. The van der Waals surface area contributed by atoms with Crippen molar-refractivity contribution in [3.63, 3.8) is 0 Å². The summed E-state index contributed by atoms with van der Waals surface area (Å²) in [5.74, 6) is 2.28. The molecule has 0 spiro atoms. The zero-order valence-electron chi connectivity index (χ0n) is 9.68. The first-order chi connectivity index (χ1) is 7.33. The van der Waals surface area contributed by atoms with Gasteiger partial charge in [-0.25, -0.2) is 4.98 Å². The number of rotatable bonds is 8. The normalized spacial score (nSPS) is 10.8. The Morgan fingerprint density at radius 2 is 2.27 bits per heavy atom. The van der Waals surface area contributed by atoms with Crippen LogP contribution in [0.1, 0.15) is 30.8 Å². The predicted molar refractivity (Wildman–Crippen MR) is 67.3 cm³/mol. The van der Waals surface area contributed by atoms with E-state index < -0.39 is 0 Å². The maximum absolute atomic E-state index is 4.16. The molecule has 0 atom stereocenters. The Morgan fingerprint density at radius 3 is 2.93 bits per heavy atom. The van der Waals surface area contributed by atoms with Crippen LogP contribution in [-0.4, -0.2) is 28.5 Å². The van der Waals surface area contributed by atoms with E-state index in [2.05, 4.69) is 21.5 Å². The van der Waals surface area contributed by atoms with Crippen molar-refractivity contribution in [2.75, 3.05) is 18.6 Å². The molecule has 3 nitrogen and oxygen atoms in total. The third kappa shape index (κ3) is 5.85. The summed E-state index contributed by atoms with van der Waals surface area (Å²) in [5, 5.41) is 3.41. The summed E-state index contributed by atoms with van der Waals surface area (Å²) in [6.45, 7) is 3.99. The minimum absolute atomic E-state index is 0.906. The molecule has 1 heterocycles. The van der Waals surface area contributed by atoms with Crippen LogP contribution in [0.3, 0.4) is 0 Å². The molecule has 0 amide bonds. The van der Waals surface area contributed by atoms with Gasteiger partial charge in [-0.05, 0) is 38.3 Å². The Balaban J connectivity index is 1.93. The van der Waals surface area contributed by atoms with Crippen molar-refractivity contribution in [2.24, 2.45) is 0 Å². The molecule has 0 aliphatic carbocycles. The maximum atomic E-state index is 4.16. The number of aromatic amines is 1. The first kappa shape index (κ1) is 12.6. The molecule has 0 fully saturated rings. The first-order valence-electron chi connectivity index (χ1n) is 5.53. The quantitative estimate of drug-likeness (QED) is 0.670. The number of thioether (sulfide) groups is 1. The second-order valence-corrected chi connectivity index (χ2v) is 4.71. The molecule has 0 aliphatic heterocycles. The lowest BCUT2D eigenvalue weighted by molar-refractivity contribution is 0.613. The Kier molecular flexibility index (Phi) is 6.52. The molecule has 2 N–H and O–H groups in total. The second-order valence-electron chi connectivity index (χ2n) is 3.72. The molecular weight excluding hydrogens is 206 g/mol. The number of unbranched alkanes of at least 4 members (excludes halogenated alkanes) is 2. The van der Waals surface area contributed by atoms with E-state index in [9.17, 15) is 0 Å². The highest BCUT2D eigenvalue weighted by atomic mass is 32.2. The van der Waals surface area contributed by atoms with E-state index in [0.29, 0.717) is 0 Å². The van der Waals surface area contributed by atoms with Crippen LogP contribution in [0.25, 0.3) is 0 Å². The van der Waals surface area contributed by atoms with E-state index in [4.69, 9.17) is 0 Å². The number of nitrogens with zero attached hydrogens (tertiary/aromatic N) is 1. The van der Waals surface area contributed by atoms with Gasteiger partial charge in [-0.2, -0.15) is 11.8 Å². The molecule has 86 valence electrons. The van der Waals surface area contributed by atoms with E-state index in [1.165, 1.54) is 30.7 Å². The zero-order valence-corrected chi connectivity index (χ0v) is 10.5. The maximum Gasteiger partial charge on any atom is 0.103 e. The van der Waals surface area contributed by atoms with Gasteiger partial charge in [0.2, 0.25) is 0 Å². The molecule has 1 rings (SSSR count). The summed E-state index contributed by atoms with van der Waals surface area (Å²) in [6.07, 6.45) is 8.00. The number of H-pyrrole nitrogens is 1.